The van der Waals surface area contributed by atoms with E-state index in [0.717, 1.165) is 10.0 Å². The summed E-state index contributed by atoms with van der Waals surface area (Å²) in [6, 6.07) is 4.39. The quantitative estimate of drug-likeness (QED) is 0.737. The summed E-state index contributed by atoms with van der Waals surface area (Å²) in [5, 5.41) is 11.6. The maximum absolute atomic E-state index is 12.0. The first-order valence-corrected chi connectivity index (χ1v) is 7.23. The summed E-state index contributed by atoms with van der Waals surface area (Å²) in [6.45, 7) is 1.80. The maximum Gasteiger partial charge on any atom is 0.326 e. The van der Waals surface area contributed by atoms with Crippen molar-refractivity contribution in [1.82, 2.24) is 5.32 Å². The zero-order chi connectivity index (χ0) is 15.8. The molecule has 0 spiro atoms. The third kappa shape index (κ3) is 5.59. The molecule has 1 aromatic carbocycles. The lowest BCUT2D eigenvalue weighted by molar-refractivity contribution is -0.141. The molecule has 0 saturated carbocycles. The summed E-state index contributed by atoms with van der Waals surface area (Å²) < 4.78 is 5.88. The molecule has 0 aliphatic heterocycles. The summed E-state index contributed by atoms with van der Waals surface area (Å²) in [6.07, 6.45) is 3.80. The number of nitrogens with one attached hydrogen (secondary N) is 1. The molecule has 0 aliphatic rings. The van der Waals surface area contributed by atoms with Gasteiger partial charge in [0.2, 0.25) is 5.91 Å². The fourth-order valence-corrected chi connectivity index (χ4v) is 2.11. The minimum atomic E-state index is -1.05. The molecule has 1 amide bonds. The molecule has 1 unspecified atom stereocenters. The number of benzene rings is 1. The minimum absolute atomic E-state index is 0.0808. The number of rotatable bonds is 7. The molecule has 1 aromatic rings. The van der Waals surface area contributed by atoms with Crippen LogP contribution in [0.25, 0.3) is 0 Å². The fraction of sp³-hybridized carbons (Fsp3) is 0.333. The van der Waals surface area contributed by atoms with E-state index >= 15 is 0 Å². The van der Waals surface area contributed by atoms with E-state index in [1.54, 1.807) is 44.4 Å². The minimum Gasteiger partial charge on any atom is -0.497 e. The normalized spacial score (nSPS) is 12.1. The fourth-order valence-electron chi connectivity index (χ4n) is 1.73. The summed E-state index contributed by atoms with van der Waals surface area (Å²) in [5.74, 6) is -0.753. The van der Waals surface area contributed by atoms with Crippen LogP contribution in [0.3, 0.4) is 0 Å². The van der Waals surface area contributed by atoms with Gasteiger partial charge >= 0.3 is 5.97 Å². The van der Waals surface area contributed by atoms with E-state index in [-0.39, 0.29) is 18.7 Å². The molecular weight excluding hydrogens is 338 g/mol. The third-order valence-corrected chi connectivity index (χ3v) is 3.62. The number of hydrogen-bond acceptors (Lipinski definition) is 3. The van der Waals surface area contributed by atoms with Gasteiger partial charge in [0.05, 0.1) is 13.5 Å². The second-order valence-corrected chi connectivity index (χ2v) is 5.25. The van der Waals surface area contributed by atoms with Crippen LogP contribution < -0.4 is 10.1 Å². The molecular formula is C15H18BrNO4. The Balaban J connectivity index is 2.73. The highest BCUT2D eigenvalue weighted by Gasteiger charge is 2.19. The smallest absolute Gasteiger partial charge is 0.326 e. The summed E-state index contributed by atoms with van der Waals surface area (Å²) in [7, 11) is 1.55. The third-order valence-electron chi connectivity index (χ3n) is 2.84. The van der Waals surface area contributed by atoms with Gasteiger partial charge in [0.15, 0.2) is 0 Å². The summed E-state index contributed by atoms with van der Waals surface area (Å²) in [4.78, 5) is 23.1. The van der Waals surface area contributed by atoms with E-state index in [1.165, 1.54) is 0 Å². The zero-order valence-corrected chi connectivity index (χ0v) is 13.5. The van der Waals surface area contributed by atoms with Gasteiger partial charge in [-0.1, -0.05) is 28.1 Å². The van der Waals surface area contributed by atoms with Crippen LogP contribution in [0.5, 0.6) is 5.75 Å². The molecule has 0 heterocycles. The van der Waals surface area contributed by atoms with Crippen molar-refractivity contribution < 1.29 is 19.4 Å². The van der Waals surface area contributed by atoms with Gasteiger partial charge in [-0.2, -0.15) is 0 Å². The van der Waals surface area contributed by atoms with Crippen molar-refractivity contribution in [1.29, 1.82) is 0 Å². The number of aliphatic carboxylic acids is 1. The van der Waals surface area contributed by atoms with Crippen LogP contribution in [0.1, 0.15) is 18.9 Å². The molecule has 0 bridgehead atoms. The van der Waals surface area contributed by atoms with Gasteiger partial charge in [0, 0.05) is 4.47 Å². The summed E-state index contributed by atoms with van der Waals surface area (Å²) in [5.41, 5.74) is 0.738. The standard InChI is InChI=1S/C15H18BrNO4/c1-3-4-5-13(15(19)20)17-14(18)9-10-8-11(21-2)6-7-12(10)16/h3-4,6-8,13H,5,9H2,1-2H3,(H,17,18)(H,19,20)/b4-3+. The highest BCUT2D eigenvalue weighted by Crippen LogP contribution is 2.22. The Morgan fingerprint density at radius 1 is 1.48 bits per heavy atom. The number of carbonyl (C=O) groups excluding carboxylic acids is 1. The Kier molecular flexibility index (Phi) is 6.94. The lowest BCUT2D eigenvalue weighted by Crippen LogP contribution is -2.41. The topological polar surface area (TPSA) is 75.6 Å². The number of halogens is 1. The number of carboxylic acid groups (broad SMARTS) is 1. The van der Waals surface area contributed by atoms with Crippen molar-refractivity contribution in [3.63, 3.8) is 0 Å². The Morgan fingerprint density at radius 2 is 2.19 bits per heavy atom. The molecule has 0 saturated heterocycles. The van der Waals surface area contributed by atoms with Crippen molar-refractivity contribution in [2.45, 2.75) is 25.8 Å². The number of ether oxygens (including phenoxy) is 1. The van der Waals surface area contributed by atoms with Gasteiger partial charge in [0.25, 0.3) is 0 Å². The van der Waals surface area contributed by atoms with Crippen molar-refractivity contribution in [2.24, 2.45) is 0 Å². The number of hydrogen-bond donors (Lipinski definition) is 2. The van der Waals surface area contributed by atoms with Crippen molar-refractivity contribution >= 4 is 27.8 Å². The van der Waals surface area contributed by atoms with Crippen LogP contribution in [0.2, 0.25) is 0 Å². The zero-order valence-electron chi connectivity index (χ0n) is 11.9. The Bertz CT molecular complexity index is 542. The van der Waals surface area contributed by atoms with Gasteiger partial charge in [-0.3, -0.25) is 4.79 Å². The second-order valence-electron chi connectivity index (χ2n) is 4.40. The average molecular weight is 356 g/mol. The first-order valence-electron chi connectivity index (χ1n) is 6.43. The SMILES string of the molecule is C/C=C/CC(NC(=O)Cc1cc(OC)ccc1Br)C(=O)O. The Hall–Kier alpha value is -1.82. The molecule has 0 radical (unpaired) electrons. The largest absolute Gasteiger partial charge is 0.497 e. The van der Waals surface area contributed by atoms with Crippen LogP contribution in [0, 0.1) is 0 Å². The second kappa shape index (κ2) is 8.46. The van der Waals surface area contributed by atoms with E-state index in [9.17, 15) is 9.59 Å². The van der Waals surface area contributed by atoms with Gasteiger partial charge in [0.1, 0.15) is 11.8 Å². The number of amides is 1. The number of carboxylic acids is 1. The average Bonchev–Trinajstić information content (AvgIpc) is 2.45. The van der Waals surface area contributed by atoms with E-state index in [0.29, 0.717) is 5.75 Å². The van der Waals surface area contributed by atoms with Crippen LogP contribution in [0.4, 0.5) is 0 Å². The predicted molar refractivity (Wildman–Crippen MR) is 83.4 cm³/mol. The van der Waals surface area contributed by atoms with E-state index in [2.05, 4.69) is 21.2 Å². The molecule has 114 valence electrons. The van der Waals surface area contributed by atoms with E-state index in [1.807, 2.05) is 0 Å². The molecule has 0 aliphatic carbocycles. The molecule has 5 nitrogen and oxygen atoms in total. The Morgan fingerprint density at radius 3 is 2.76 bits per heavy atom. The van der Waals surface area contributed by atoms with Crippen LogP contribution >= 0.6 is 15.9 Å². The lowest BCUT2D eigenvalue weighted by Gasteiger charge is -2.13. The van der Waals surface area contributed by atoms with Crippen LogP contribution in [0.15, 0.2) is 34.8 Å². The van der Waals surface area contributed by atoms with Crippen molar-refractivity contribution in [2.75, 3.05) is 7.11 Å². The van der Waals surface area contributed by atoms with E-state index in [4.69, 9.17) is 9.84 Å². The molecule has 2 N–H and O–H groups in total. The first-order chi connectivity index (χ1) is 9.97. The van der Waals surface area contributed by atoms with Gasteiger partial charge in [-0.25, -0.2) is 4.79 Å². The number of carbonyl (C=O) groups is 2. The van der Waals surface area contributed by atoms with Crippen LogP contribution in [-0.4, -0.2) is 30.1 Å². The number of allylic oxidation sites excluding steroid dienone is 1. The molecule has 1 rings (SSSR count). The monoisotopic (exact) mass is 355 g/mol. The Labute approximate surface area is 132 Å². The van der Waals surface area contributed by atoms with Crippen molar-refractivity contribution in [3.05, 3.63) is 40.4 Å². The van der Waals surface area contributed by atoms with Crippen molar-refractivity contribution in [3.8, 4) is 5.75 Å². The van der Waals surface area contributed by atoms with E-state index < -0.39 is 12.0 Å². The number of methoxy groups -OCH3 is 1. The lowest BCUT2D eigenvalue weighted by atomic mass is 10.1. The maximum atomic E-state index is 12.0. The predicted octanol–water partition coefficient (Wildman–Crippen LogP) is 2.54. The molecule has 0 aromatic heterocycles. The molecule has 6 heteroatoms. The van der Waals surface area contributed by atoms with Gasteiger partial charge in [-0.15, -0.1) is 0 Å². The molecule has 1 atom stereocenters. The molecule has 0 fully saturated rings. The van der Waals surface area contributed by atoms with Crippen LogP contribution in [-0.2, 0) is 16.0 Å². The highest BCUT2D eigenvalue weighted by atomic mass is 79.9. The first kappa shape index (κ1) is 17.2. The van der Waals surface area contributed by atoms with Gasteiger partial charge < -0.3 is 15.2 Å². The van der Waals surface area contributed by atoms with Gasteiger partial charge in [-0.05, 0) is 37.1 Å². The highest BCUT2D eigenvalue weighted by molar-refractivity contribution is 9.10. The molecule has 21 heavy (non-hydrogen) atoms. The summed E-state index contributed by atoms with van der Waals surface area (Å²) >= 11 is 3.36.